The van der Waals surface area contributed by atoms with Crippen molar-refractivity contribution in [2.24, 2.45) is 5.73 Å². The minimum Gasteiger partial charge on any atom is -0.481 e. The van der Waals surface area contributed by atoms with Crippen molar-refractivity contribution in [3.05, 3.63) is 0 Å². The molecule has 1 unspecified atom stereocenters. The Morgan fingerprint density at radius 1 is 1.44 bits per heavy atom. The average Bonchev–Trinajstić information content (AvgIpc) is 1.98. The van der Waals surface area contributed by atoms with E-state index in [0.717, 1.165) is 6.42 Å². The Morgan fingerprint density at radius 3 is 2.38 bits per heavy atom. The van der Waals surface area contributed by atoms with Gasteiger partial charge in [0.15, 0.2) is 0 Å². The zero-order valence-corrected chi connectivity index (χ0v) is 10.2. The van der Waals surface area contributed by atoms with Crippen LogP contribution in [0.5, 0.6) is 0 Å². The third-order valence-electron chi connectivity index (χ3n) is 2.04. The van der Waals surface area contributed by atoms with Crippen LogP contribution in [0.15, 0.2) is 0 Å². The number of nitrogens with one attached hydrogen (secondary N) is 1. The first kappa shape index (κ1) is 14.9. The van der Waals surface area contributed by atoms with Gasteiger partial charge in [0, 0.05) is 18.0 Å². The lowest BCUT2D eigenvalue weighted by molar-refractivity contribution is -0.137. The van der Waals surface area contributed by atoms with E-state index in [0.29, 0.717) is 6.42 Å². The second-order valence-corrected chi connectivity index (χ2v) is 4.82. The van der Waals surface area contributed by atoms with E-state index < -0.39 is 11.5 Å². The van der Waals surface area contributed by atoms with E-state index >= 15 is 0 Å². The lowest BCUT2D eigenvalue weighted by Crippen LogP contribution is -2.43. The van der Waals surface area contributed by atoms with Crippen molar-refractivity contribution >= 4 is 11.9 Å². The Bertz CT molecular complexity index is 246. The Kier molecular flexibility index (Phi) is 6.03. The maximum absolute atomic E-state index is 11.5. The van der Waals surface area contributed by atoms with Crippen molar-refractivity contribution in [1.82, 2.24) is 5.32 Å². The van der Waals surface area contributed by atoms with E-state index in [2.05, 4.69) is 5.32 Å². The quantitative estimate of drug-likeness (QED) is 0.605. The topological polar surface area (TPSA) is 92.4 Å². The summed E-state index contributed by atoms with van der Waals surface area (Å²) in [5.41, 5.74) is 5.14. The van der Waals surface area contributed by atoms with Crippen LogP contribution in [0, 0.1) is 0 Å². The second-order valence-electron chi connectivity index (χ2n) is 4.82. The largest absolute Gasteiger partial charge is 0.481 e. The van der Waals surface area contributed by atoms with Crippen molar-refractivity contribution in [1.29, 1.82) is 0 Å². The molecular formula is C11H22N2O3. The van der Waals surface area contributed by atoms with E-state index in [1.165, 1.54) is 0 Å². The standard InChI is InChI=1S/C11H22N2O3/c1-4-5-8(6-10(15)16)13-9(14)7-11(2,3)12/h8H,4-7,12H2,1-3H3,(H,13,14)(H,15,16). The molecule has 0 aromatic rings. The highest BCUT2D eigenvalue weighted by Crippen LogP contribution is 2.06. The minimum absolute atomic E-state index is 0.0371. The van der Waals surface area contributed by atoms with Gasteiger partial charge >= 0.3 is 5.97 Å². The highest BCUT2D eigenvalue weighted by Gasteiger charge is 2.20. The molecule has 0 aromatic heterocycles. The molecule has 0 aliphatic carbocycles. The number of carboxylic acids is 1. The number of hydrogen-bond acceptors (Lipinski definition) is 3. The van der Waals surface area contributed by atoms with Crippen molar-refractivity contribution in [3.63, 3.8) is 0 Å². The van der Waals surface area contributed by atoms with Gasteiger partial charge < -0.3 is 16.2 Å². The SMILES string of the molecule is CCCC(CC(=O)O)NC(=O)CC(C)(C)N. The molecular weight excluding hydrogens is 208 g/mol. The van der Waals surface area contributed by atoms with E-state index in [4.69, 9.17) is 10.8 Å². The minimum atomic E-state index is -0.897. The van der Waals surface area contributed by atoms with Gasteiger partial charge in [0.1, 0.15) is 0 Å². The van der Waals surface area contributed by atoms with Crippen LogP contribution < -0.4 is 11.1 Å². The molecule has 0 saturated carbocycles. The maximum Gasteiger partial charge on any atom is 0.305 e. The Balaban J connectivity index is 4.17. The molecule has 5 heteroatoms. The van der Waals surface area contributed by atoms with E-state index in [9.17, 15) is 9.59 Å². The Morgan fingerprint density at radius 2 is 2.00 bits per heavy atom. The van der Waals surface area contributed by atoms with Gasteiger partial charge in [-0.05, 0) is 20.3 Å². The highest BCUT2D eigenvalue weighted by atomic mass is 16.4. The lowest BCUT2D eigenvalue weighted by Gasteiger charge is -2.21. The van der Waals surface area contributed by atoms with Crippen LogP contribution in [0.2, 0.25) is 0 Å². The Labute approximate surface area is 96.4 Å². The summed E-state index contributed by atoms with van der Waals surface area (Å²) in [7, 11) is 0. The van der Waals surface area contributed by atoms with Crippen molar-refractivity contribution < 1.29 is 14.7 Å². The first-order chi connectivity index (χ1) is 7.24. The van der Waals surface area contributed by atoms with Crippen LogP contribution in [0.25, 0.3) is 0 Å². The first-order valence-electron chi connectivity index (χ1n) is 5.54. The molecule has 0 bridgehead atoms. The zero-order chi connectivity index (χ0) is 12.8. The summed E-state index contributed by atoms with van der Waals surface area (Å²) in [5.74, 6) is -1.09. The number of carboxylic acid groups (broad SMARTS) is 1. The predicted octanol–water partition coefficient (Wildman–Crippen LogP) is 0.873. The second kappa shape index (κ2) is 6.48. The van der Waals surface area contributed by atoms with Gasteiger partial charge in [-0.3, -0.25) is 9.59 Å². The molecule has 0 rings (SSSR count). The van der Waals surface area contributed by atoms with Gasteiger partial charge in [-0.2, -0.15) is 0 Å². The van der Waals surface area contributed by atoms with Crippen LogP contribution in [-0.2, 0) is 9.59 Å². The highest BCUT2D eigenvalue weighted by molar-refractivity contribution is 5.78. The number of nitrogens with two attached hydrogens (primary N) is 1. The molecule has 0 saturated heterocycles. The monoisotopic (exact) mass is 230 g/mol. The number of carbonyl (C=O) groups excluding carboxylic acids is 1. The van der Waals surface area contributed by atoms with Crippen LogP contribution >= 0.6 is 0 Å². The van der Waals surface area contributed by atoms with Crippen molar-refractivity contribution in [2.75, 3.05) is 0 Å². The molecule has 0 fully saturated rings. The molecule has 5 nitrogen and oxygen atoms in total. The predicted molar refractivity (Wildman–Crippen MR) is 62.0 cm³/mol. The van der Waals surface area contributed by atoms with Crippen LogP contribution in [0.1, 0.15) is 46.5 Å². The van der Waals surface area contributed by atoms with E-state index in [-0.39, 0.29) is 24.8 Å². The molecule has 4 N–H and O–H groups in total. The maximum atomic E-state index is 11.5. The van der Waals surface area contributed by atoms with Gasteiger partial charge in [0.25, 0.3) is 0 Å². The lowest BCUT2D eigenvalue weighted by atomic mass is 10.0. The van der Waals surface area contributed by atoms with Gasteiger partial charge in [-0.1, -0.05) is 13.3 Å². The molecule has 0 aromatic carbocycles. The summed E-state index contributed by atoms with van der Waals surface area (Å²) >= 11 is 0. The fourth-order valence-electron chi connectivity index (χ4n) is 1.48. The summed E-state index contributed by atoms with van der Waals surface area (Å²) in [6, 6.07) is -0.294. The van der Waals surface area contributed by atoms with Crippen LogP contribution in [0.4, 0.5) is 0 Å². The van der Waals surface area contributed by atoms with Gasteiger partial charge in [-0.15, -0.1) is 0 Å². The molecule has 1 amide bonds. The number of rotatable bonds is 7. The Hall–Kier alpha value is -1.10. The average molecular weight is 230 g/mol. The number of amides is 1. The number of hydrogen-bond donors (Lipinski definition) is 3. The van der Waals surface area contributed by atoms with E-state index in [1.54, 1.807) is 13.8 Å². The molecule has 0 aliphatic heterocycles. The molecule has 94 valence electrons. The number of aliphatic carboxylic acids is 1. The first-order valence-corrected chi connectivity index (χ1v) is 5.54. The van der Waals surface area contributed by atoms with Crippen LogP contribution in [0.3, 0.4) is 0 Å². The van der Waals surface area contributed by atoms with Crippen molar-refractivity contribution in [3.8, 4) is 0 Å². The molecule has 16 heavy (non-hydrogen) atoms. The molecule has 0 spiro atoms. The molecule has 0 heterocycles. The van der Waals surface area contributed by atoms with E-state index in [1.807, 2.05) is 6.92 Å². The van der Waals surface area contributed by atoms with Crippen LogP contribution in [-0.4, -0.2) is 28.6 Å². The van der Waals surface area contributed by atoms with Crippen molar-refractivity contribution in [2.45, 2.75) is 58.0 Å². The third-order valence-corrected chi connectivity index (χ3v) is 2.04. The smallest absolute Gasteiger partial charge is 0.305 e. The zero-order valence-electron chi connectivity index (χ0n) is 10.2. The third kappa shape index (κ3) is 8.23. The van der Waals surface area contributed by atoms with Gasteiger partial charge in [0.2, 0.25) is 5.91 Å². The summed E-state index contributed by atoms with van der Waals surface area (Å²) in [6.07, 6.45) is 1.67. The summed E-state index contributed by atoms with van der Waals surface area (Å²) in [5, 5.41) is 11.4. The summed E-state index contributed by atoms with van der Waals surface area (Å²) in [4.78, 5) is 22.1. The van der Waals surface area contributed by atoms with Gasteiger partial charge in [-0.25, -0.2) is 0 Å². The molecule has 0 radical (unpaired) electrons. The van der Waals surface area contributed by atoms with Gasteiger partial charge in [0.05, 0.1) is 6.42 Å². The number of carbonyl (C=O) groups is 2. The normalized spacial score (nSPS) is 13.2. The molecule has 1 atom stereocenters. The summed E-state index contributed by atoms with van der Waals surface area (Å²) < 4.78 is 0. The summed E-state index contributed by atoms with van der Waals surface area (Å²) in [6.45, 7) is 5.48. The molecule has 0 aliphatic rings. The fourth-order valence-corrected chi connectivity index (χ4v) is 1.48. The fraction of sp³-hybridized carbons (Fsp3) is 0.818.